The number of carbonyl (C=O) groups excluding carboxylic acids is 2. The number of phosphoric ester groups is 1. The summed E-state index contributed by atoms with van der Waals surface area (Å²) in [5.41, 5.74) is 0. The first-order valence-corrected chi connectivity index (χ1v) is 18.5. The molecule has 0 aliphatic heterocycles. The Labute approximate surface area is 257 Å². The summed E-state index contributed by atoms with van der Waals surface area (Å²) < 4.78 is 26.1. The second kappa shape index (κ2) is 29.8. The lowest BCUT2D eigenvalue weighted by Gasteiger charge is -2.18. The molecule has 0 saturated carbocycles. The molecule has 0 amide bonds. The van der Waals surface area contributed by atoms with E-state index in [0.717, 1.165) is 51.4 Å². The number of phosphoric acid groups is 1. The first kappa shape index (κ1) is 40.8. The molecule has 0 aliphatic carbocycles. The Kier molecular flexibility index (Phi) is 29.0. The molecular formula is C33H63O8P. The zero-order chi connectivity index (χ0) is 31.2. The Morgan fingerprint density at radius 2 is 1.00 bits per heavy atom. The van der Waals surface area contributed by atoms with Crippen LogP contribution in [0.4, 0.5) is 0 Å². The van der Waals surface area contributed by atoms with Gasteiger partial charge < -0.3 is 19.3 Å². The van der Waals surface area contributed by atoms with Gasteiger partial charge in [-0.25, -0.2) is 4.57 Å². The molecule has 0 bridgehead atoms. The van der Waals surface area contributed by atoms with Crippen molar-refractivity contribution in [2.45, 2.75) is 174 Å². The molecule has 0 radical (unpaired) electrons. The topological polar surface area (TPSA) is 119 Å². The van der Waals surface area contributed by atoms with Gasteiger partial charge >= 0.3 is 19.8 Å². The minimum Gasteiger partial charge on any atom is -0.462 e. The molecule has 0 aliphatic rings. The molecule has 2 N–H and O–H groups in total. The van der Waals surface area contributed by atoms with Crippen LogP contribution in [0.15, 0.2) is 12.2 Å². The normalized spacial score (nSPS) is 12.6. The standard InChI is InChI=1S/C33H63O8P/c1-3-5-7-9-11-13-14-15-16-17-18-19-20-22-24-26-28-33(35)41-31(30-40-42(36,37)38)29-39-32(34)27-25-23-21-12-10-8-6-4-2/h16-17,31H,3-15,18-30H2,1-2H3,(H2,36,37,38)/b17-16-. The Balaban J connectivity index is 3.98. The number of rotatable bonds is 31. The highest BCUT2D eigenvalue weighted by atomic mass is 31.2. The van der Waals surface area contributed by atoms with E-state index in [-0.39, 0.29) is 19.4 Å². The molecule has 0 fully saturated rings. The van der Waals surface area contributed by atoms with Crippen molar-refractivity contribution in [2.24, 2.45) is 0 Å². The van der Waals surface area contributed by atoms with Crippen LogP contribution >= 0.6 is 7.82 Å². The summed E-state index contributed by atoms with van der Waals surface area (Å²) in [5.74, 6) is -0.896. The van der Waals surface area contributed by atoms with E-state index in [9.17, 15) is 14.2 Å². The van der Waals surface area contributed by atoms with Gasteiger partial charge in [-0.2, -0.15) is 0 Å². The van der Waals surface area contributed by atoms with Crippen LogP contribution in [0.2, 0.25) is 0 Å². The van der Waals surface area contributed by atoms with E-state index in [0.29, 0.717) is 6.42 Å². The lowest BCUT2D eigenvalue weighted by molar-refractivity contribution is -0.161. The molecule has 42 heavy (non-hydrogen) atoms. The predicted octanol–water partition coefficient (Wildman–Crippen LogP) is 9.51. The van der Waals surface area contributed by atoms with Gasteiger partial charge in [0.25, 0.3) is 0 Å². The van der Waals surface area contributed by atoms with Crippen LogP contribution in [0, 0.1) is 0 Å². The van der Waals surface area contributed by atoms with Crippen LogP contribution in [-0.4, -0.2) is 41.0 Å². The van der Waals surface area contributed by atoms with Crippen LogP contribution in [0.25, 0.3) is 0 Å². The summed E-state index contributed by atoms with van der Waals surface area (Å²) in [6, 6.07) is 0. The maximum absolute atomic E-state index is 12.3. The van der Waals surface area contributed by atoms with Gasteiger partial charge in [-0.1, -0.05) is 129 Å². The maximum Gasteiger partial charge on any atom is 0.469 e. The molecule has 248 valence electrons. The van der Waals surface area contributed by atoms with E-state index in [1.807, 2.05) is 0 Å². The van der Waals surface area contributed by atoms with Gasteiger partial charge in [0.15, 0.2) is 6.10 Å². The number of ether oxygens (including phenoxy) is 2. The first-order valence-electron chi connectivity index (χ1n) is 17.0. The van der Waals surface area contributed by atoms with Crippen molar-refractivity contribution in [3.8, 4) is 0 Å². The summed E-state index contributed by atoms with van der Waals surface area (Å²) in [4.78, 5) is 42.4. The molecule has 0 aromatic rings. The van der Waals surface area contributed by atoms with Gasteiger partial charge in [0.05, 0.1) is 6.61 Å². The highest BCUT2D eigenvalue weighted by Gasteiger charge is 2.22. The molecule has 1 atom stereocenters. The zero-order valence-electron chi connectivity index (χ0n) is 26.9. The monoisotopic (exact) mass is 618 g/mol. The number of hydrogen-bond donors (Lipinski definition) is 2. The van der Waals surface area contributed by atoms with Gasteiger partial charge in [0.2, 0.25) is 0 Å². The molecule has 0 aromatic carbocycles. The minimum absolute atomic E-state index is 0.205. The molecule has 1 unspecified atom stereocenters. The smallest absolute Gasteiger partial charge is 0.462 e. The van der Waals surface area contributed by atoms with Crippen molar-refractivity contribution in [1.82, 2.24) is 0 Å². The molecule has 8 nitrogen and oxygen atoms in total. The lowest BCUT2D eigenvalue weighted by atomic mass is 10.1. The minimum atomic E-state index is -4.74. The molecular weight excluding hydrogens is 555 g/mol. The third kappa shape index (κ3) is 31.7. The fourth-order valence-electron chi connectivity index (χ4n) is 4.72. The van der Waals surface area contributed by atoms with E-state index in [1.165, 1.54) is 83.5 Å². The lowest BCUT2D eigenvalue weighted by Crippen LogP contribution is -2.29. The number of carbonyl (C=O) groups is 2. The van der Waals surface area contributed by atoms with Gasteiger partial charge in [-0.15, -0.1) is 0 Å². The maximum atomic E-state index is 12.3. The van der Waals surface area contributed by atoms with Crippen molar-refractivity contribution in [3.05, 3.63) is 12.2 Å². The second-order valence-corrected chi connectivity index (χ2v) is 12.7. The van der Waals surface area contributed by atoms with Gasteiger partial charge in [-0.3, -0.25) is 14.1 Å². The highest BCUT2D eigenvalue weighted by Crippen LogP contribution is 2.35. The Morgan fingerprint density at radius 1 is 0.595 bits per heavy atom. The van der Waals surface area contributed by atoms with E-state index in [2.05, 4.69) is 30.5 Å². The third-order valence-corrected chi connectivity index (χ3v) is 7.77. The van der Waals surface area contributed by atoms with E-state index in [4.69, 9.17) is 19.3 Å². The number of allylic oxidation sites excluding steroid dienone is 2. The number of esters is 2. The van der Waals surface area contributed by atoms with Gasteiger partial charge in [-0.05, 0) is 38.5 Å². The molecule has 0 saturated heterocycles. The highest BCUT2D eigenvalue weighted by molar-refractivity contribution is 7.46. The molecule has 0 rings (SSSR count). The molecule has 9 heteroatoms. The first-order chi connectivity index (χ1) is 20.3. The van der Waals surface area contributed by atoms with Crippen LogP contribution in [0.3, 0.4) is 0 Å². The zero-order valence-corrected chi connectivity index (χ0v) is 27.8. The fraction of sp³-hybridized carbons (Fsp3) is 0.879. The van der Waals surface area contributed by atoms with E-state index >= 15 is 0 Å². The van der Waals surface area contributed by atoms with Gasteiger partial charge in [0.1, 0.15) is 6.61 Å². The summed E-state index contributed by atoms with van der Waals surface area (Å²) in [7, 11) is -4.74. The summed E-state index contributed by atoms with van der Waals surface area (Å²) in [5, 5.41) is 0. The fourth-order valence-corrected chi connectivity index (χ4v) is 5.08. The SMILES string of the molecule is CCCCCCCCC/C=C\CCCCCCCC(=O)OC(COC(=O)CCCCCCCCCC)COP(=O)(O)O. The van der Waals surface area contributed by atoms with Crippen LogP contribution in [0.1, 0.15) is 168 Å². The molecule has 0 aromatic heterocycles. The molecule has 0 spiro atoms. The summed E-state index contributed by atoms with van der Waals surface area (Å²) >= 11 is 0. The number of unbranched alkanes of at least 4 members (excludes halogenated alkanes) is 19. The van der Waals surface area contributed by atoms with E-state index in [1.54, 1.807) is 0 Å². The van der Waals surface area contributed by atoms with Crippen molar-refractivity contribution in [3.63, 3.8) is 0 Å². The summed E-state index contributed by atoms with van der Waals surface area (Å²) in [6.45, 7) is 3.62. The predicted molar refractivity (Wildman–Crippen MR) is 170 cm³/mol. The second-order valence-electron chi connectivity index (χ2n) is 11.5. The number of hydrogen-bond acceptors (Lipinski definition) is 6. The van der Waals surface area contributed by atoms with Crippen molar-refractivity contribution < 1.29 is 37.9 Å². The Morgan fingerprint density at radius 3 is 1.45 bits per heavy atom. The van der Waals surface area contributed by atoms with Crippen LogP contribution in [-0.2, 0) is 28.2 Å². The van der Waals surface area contributed by atoms with Crippen molar-refractivity contribution >= 4 is 19.8 Å². The van der Waals surface area contributed by atoms with E-state index < -0.39 is 32.5 Å². The van der Waals surface area contributed by atoms with Crippen LogP contribution in [0.5, 0.6) is 0 Å². The van der Waals surface area contributed by atoms with Crippen molar-refractivity contribution in [1.29, 1.82) is 0 Å². The quantitative estimate of drug-likeness (QED) is 0.0341. The summed E-state index contributed by atoms with van der Waals surface area (Å²) in [6.07, 6.45) is 29.5. The van der Waals surface area contributed by atoms with Gasteiger partial charge in [0, 0.05) is 12.8 Å². The molecule has 0 heterocycles. The average molecular weight is 619 g/mol. The average Bonchev–Trinajstić information content (AvgIpc) is 2.95. The largest absolute Gasteiger partial charge is 0.469 e. The Bertz CT molecular complexity index is 706. The van der Waals surface area contributed by atoms with Crippen molar-refractivity contribution in [2.75, 3.05) is 13.2 Å². The third-order valence-electron chi connectivity index (χ3n) is 7.28. The van der Waals surface area contributed by atoms with Crippen LogP contribution < -0.4 is 0 Å². The Hall–Kier alpha value is -1.21.